The number of aromatic amines is 1. The van der Waals surface area contributed by atoms with Crippen LogP contribution in [0, 0.1) is 0 Å². The maximum Gasteiger partial charge on any atom is 0.331 e. The van der Waals surface area contributed by atoms with Gasteiger partial charge < -0.3 is 9.88 Å². The number of fused-ring (bicyclic) bond motifs is 1. The molecule has 0 unspecified atom stereocenters. The molecule has 0 spiro atoms. The topological polar surface area (TPSA) is 100 Å². The molecule has 4 aromatic rings. The van der Waals surface area contributed by atoms with E-state index in [4.69, 9.17) is 0 Å². The van der Waals surface area contributed by atoms with Crippen LogP contribution in [0.3, 0.4) is 0 Å². The first-order chi connectivity index (χ1) is 18.3. The summed E-state index contributed by atoms with van der Waals surface area (Å²) in [6.45, 7) is 5.70. The summed E-state index contributed by atoms with van der Waals surface area (Å²) in [5, 5.41) is 0. The first-order valence-corrected chi connectivity index (χ1v) is 14.4. The largest absolute Gasteiger partial charge is 0.349 e. The van der Waals surface area contributed by atoms with E-state index in [0.29, 0.717) is 49.5 Å². The number of sulfonamides is 1. The van der Waals surface area contributed by atoms with E-state index >= 15 is 0 Å². The van der Waals surface area contributed by atoms with Gasteiger partial charge in [-0.15, -0.1) is 0 Å². The van der Waals surface area contributed by atoms with Crippen LogP contribution in [0.5, 0.6) is 0 Å². The Morgan fingerprint density at radius 3 is 2.24 bits per heavy atom. The molecule has 2 aromatic heterocycles. The van der Waals surface area contributed by atoms with Crippen LogP contribution in [-0.4, -0.2) is 64.5 Å². The molecule has 1 N–H and O–H groups in total. The van der Waals surface area contributed by atoms with Gasteiger partial charge in [0.1, 0.15) is 5.52 Å². The van der Waals surface area contributed by atoms with Gasteiger partial charge in [-0.2, -0.15) is 4.31 Å². The van der Waals surface area contributed by atoms with Crippen molar-refractivity contribution in [3.05, 3.63) is 87.1 Å². The third kappa shape index (κ3) is 4.99. The molecule has 3 heterocycles. The molecule has 0 radical (unpaired) electrons. The number of hydrogen-bond acceptors (Lipinski definition) is 5. The molecule has 1 aliphatic heterocycles. The zero-order valence-electron chi connectivity index (χ0n) is 21.8. The molecule has 0 amide bonds. The second-order valence-corrected chi connectivity index (χ2v) is 11.7. The molecule has 9 nitrogen and oxygen atoms in total. The van der Waals surface area contributed by atoms with Gasteiger partial charge in [0.2, 0.25) is 10.0 Å². The molecule has 0 aliphatic carbocycles. The van der Waals surface area contributed by atoms with Crippen LogP contribution in [0.25, 0.3) is 22.3 Å². The summed E-state index contributed by atoms with van der Waals surface area (Å²) >= 11 is 0. The van der Waals surface area contributed by atoms with E-state index in [0.717, 1.165) is 29.5 Å². The number of nitrogens with zero attached hydrogens (tertiary/aromatic N) is 4. The highest BCUT2D eigenvalue weighted by Gasteiger charge is 2.28. The van der Waals surface area contributed by atoms with E-state index in [1.54, 1.807) is 39.2 Å². The number of piperazine rings is 1. The number of aromatic nitrogens is 3. The van der Waals surface area contributed by atoms with E-state index in [-0.39, 0.29) is 16.1 Å². The number of benzene rings is 2. The fraction of sp³-hybridized carbons (Fsp3) is 0.357. The van der Waals surface area contributed by atoms with Gasteiger partial charge in [-0.25, -0.2) is 13.2 Å². The van der Waals surface area contributed by atoms with Crippen LogP contribution in [0.2, 0.25) is 0 Å². The summed E-state index contributed by atoms with van der Waals surface area (Å²) in [6, 6.07) is 18.8. The molecule has 10 heteroatoms. The summed E-state index contributed by atoms with van der Waals surface area (Å²) < 4.78 is 30.9. The molecule has 0 bridgehead atoms. The number of rotatable bonds is 8. The lowest BCUT2D eigenvalue weighted by Crippen LogP contribution is -2.48. The van der Waals surface area contributed by atoms with E-state index < -0.39 is 10.0 Å². The minimum atomic E-state index is -3.61. The molecule has 2 aromatic carbocycles. The lowest BCUT2D eigenvalue weighted by Gasteiger charge is -2.34. The van der Waals surface area contributed by atoms with Crippen LogP contribution in [-0.2, 0) is 30.0 Å². The molecule has 5 rings (SSSR count). The fourth-order valence-electron chi connectivity index (χ4n) is 5.03. The zero-order valence-corrected chi connectivity index (χ0v) is 22.6. The molecule has 1 saturated heterocycles. The third-order valence-electron chi connectivity index (χ3n) is 7.27. The number of hydrogen-bond donors (Lipinski definition) is 1. The molecular formula is C28H33N5O4S. The van der Waals surface area contributed by atoms with Crippen molar-refractivity contribution in [1.29, 1.82) is 0 Å². The maximum absolute atomic E-state index is 13.3. The van der Waals surface area contributed by atoms with Crippen molar-refractivity contribution >= 4 is 21.1 Å². The number of aryl methyl sites for hydroxylation is 1. The Hall–Kier alpha value is -3.47. The van der Waals surface area contributed by atoms with E-state index in [1.165, 1.54) is 12.6 Å². The van der Waals surface area contributed by atoms with Gasteiger partial charge >= 0.3 is 5.69 Å². The van der Waals surface area contributed by atoms with Gasteiger partial charge in [0, 0.05) is 52.0 Å². The average molecular weight is 536 g/mol. The van der Waals surface area contributed by atoms with Crippen LogP contribution < -0.4 is 11.2 Å². The van der Waals surface area contributed by atoms with E-state index in [2.05, 4.69) is 22.0 Å². The monoisotopic (exact) mass is 535 g/mol. The average Bonchev–Trinajstić information content (AvgIpc) is 3.39. The van der Waals surface area contributed by atoms with Crippen LogP contribution in [0.15, 0.2) is 75.1 Å². The Balaban J connectivity index is 1.30. The summed E-state index contributed by atoms with van der Waals surface area (Å²) in [5.41, 5.74) is 2.86. The van der Waals surface area contributed by atoms with Gasteiger partial charge in [-0.05, 0) is 42.2 Å². The quantitative estimate of drug-likeness (QED) is 0.374. The summed E-state index contributed by atoms with van der Waals surface area (Å²) in [4.78, 5) is 31.0. The van der Waals surface area contributed by atoms with E-state index in [1.807, 2.05) is 25.1 Å². The maximum atomic E-state index is 13.3. The van der Waals surface area contributed by atoms with Crippen LogP contribution in [0.1, 0.15) is 18.9 Å². The molecule has 200 valence electrons. The van der Waals surface area contributed by atoms with Crippen LogP contribution in [0.4, 0.5) is 0 Å². The Morgan fingerprint density at radius 1 is 0.895 bits per heavy atom. The predicted molar refractivity (Wildman–Crippen MR) is 149 cm³/mol. The van der Waals surface area contributed by atoms with Crippen molar-refractivity contribution in [1.82, 2.24) is 23.3 Å². The first-order valence-electron chi connectivity index (χ1n) is 13.0. The zero-order chi connectivity index (χ0) is 26.9. The molecule has 38 heavy (non-hydrogen) atoms. The minimum absolute atomic E-state index is 0.244. The second kappa shape index (κ2) is 10.7. The smallest absolute Gasteiger partial charge is 0.331 e. The Labute approximate surface area is 222 Å². The third-order valence-corrected chi connectivity index (χ3v) is 9.18. The van der Waals surface area contributed by atoms with Crippen molar-refractivity contribution < 1.29 is 8.42 Å². The normalized spacial score (nSPS) is 15.3. The number of nitrogens with one attached hydrogen (secondary N) is 1. The predicted octanol–water partition coefficient (Wildman–Crippen LogP) is 2.65. The highest BCUT2D eigenvalue weighted by Crippen LogP contribution is 2.25. The highest BCUT2D eigenvalue weighted by molar-refractivity contribution is 7.89. The van der Waals surface area contributed by atoms with Gasteiger partial charge in [0.25, 0.3) is 5.56 Å². The first kappa shape index (κ1) is 26.1. The fourth-order valence-corrected chi connectivity index (χ4v) is 6.46. The Kier molecular flexibility index (Phi) is 7.38. The molecule has 0 atom stereocenters. The van der Waals surface area contributed by atoms with Crippen molar-refractivity contribution in [2.45, 2.75) is 31.2 Å². The van der Waals surface area contributed by atoms with Crippen LogP contribution >= 0.6 is 0 Å². The minimum Gasteiger partial charge on any atom is -0.349 e. The standard InChI is InChI=1S/C28H33N5O4S/c1-3-14-33-25-20-24(29-26(25)27(34)30(2)28(33)35)22-9-11-23(12-10-22)38(36,37)32-18-16-31(17-19-32)15-13-21-7-5-4-6-8-21/h4-12,20,29H,3,13-19H2,1-2H3. The molecule has 1 fully saturated rings. The summed E-state index contributed by atoms with van der Waals surface area (Å²) in [5.74, 6) is 0. The van der Waals surface area contributed by atoms with Gasteiger partial charge in [-0.3, -0.25) is 13.9 Å². The molecule has 0 saturated carbocycles. The van der Waals surface area contributed by atoms with Gasteiger partial charge in [-0.1, -0.05) is 49.4 Å². The van der Waals surface area contributed by atoms with E-state index in [9.17, 15) is 18.0 Å². The van der Waals surface area contributed by atoms with Gasteiger partial charge in [0.15, 0.2) is 0 Å². The lowest BCUT2D eigenvalue weighted by molar-refractivity contribution is 0.190. The molecule has 1 aliphatic rings. The summed E-state index contributed by atoms with van der Waals surface area (Å²) in [7, 11) is -2.14. The Bertz CT molecular complexity index is 1650. The molecular weight excluding hydrogens is 502 g/mol. The van der Waals surface area contributed by atoms with Crippen molar-refractivity contribution in [2.24, 2.45) is 7.05 Å². The van der Waals surface area contributed by atoms with Crippen molar-refractivity contribution in [2.75, 3.05) is 32.7 Å². The summed E-state index contributed by atoms with van der Waals surface area (Å²) in [6.07, 6.45) is 1.70. The number of H-pyrrole nitrogens is 1. The van der Waals surface area contributed by atoms with Crippen molar-refractivity contribution in [3.8, 4) is 11.3 Å². The van der Waals surface area contributed by atoms with Gasteiger partial charge in [0.05, 0.1) is 10.4 Å². The Morgan fingerprint density at radius 2 is 1.58 bits per heavy atom. The lowest BCUT2D eigenvalue weighted by atomic mass is 10.1. The highest BCUT2D eigenvalue weighted by atomic mass is 32.2. The second-order valence-electron chi connectivity index (χ2n) is 9.75. The SMILES string of the molecule is CCCn1c(=O)n(C)c(=O)c2[nH]c(-c3ccc(S(=O)(=O)N4CCN(CCc5ccccc5)CC4)cc3)cc21. The van der Waals surface area contributed by atoms with Crippen molar-refractivity contribution in [3.63, 3.8) is 0 Å².